The summed E-state index contributed by atoms with van der Waals surface area (Å²) in [6, 6.07) is 0. The van der Waals surface area contributed by atoms with E-state index in [-0.39, 0.29) is 6.42 Å². The van der Waals surface area contributed by atoms with Gasteiger partial charge in [0, 0.05) is 0 Å². The molecule has 5 heteroatoms. The van der Waals surface area contributed by atoms with Crippen molar-refractivity contribution < 1.29 is 18.1 Å². The van der Waals surface area contributed by atoms with Crippen molar-refractivity contribution in [3.63, 3.8) is 0 Å². The summed E-state index contributed by atoms with van der Waals surface area (Å²) < 4.78 is 32.3. The summed E-state index contributed by atoms with van der Waals surface area (Å²) in [5.41, 5.74) is 0. The molecule has 0 amide bonds. The zero-order valence-corrected chi connectivity index (χ0v) is 16.0. The van der Waals surface area contributed by atoms with Gasteiger partial charge in [-0.25, -0.2) is 0 Å². The lowest BCUT2D eigenvalue weighted by Crippen LogP contribution is -2.26. The SMILES string of the molecule is CCCCCCCCC(O)CC(CCCCCCC)S(=O)(=O)O. The van der Waals surface area contributed by atoms with Crippen LogP contribution in [0.25, 0.3) is 0 Å². The standard InChI is InChI=1S/C18H38O4S/c1-3-5-7-9-11-12-14-17(19)16-18(23(20,21)22)15-13-10-8-6-4-2/h17-19H,3-16H2,1-2H3,(H,20,21,22). The molecular weight excluding hydrogens is 312 g/mol. The summed E-state index contributed by atoms with van der Waals surface area (Å²) >= 11 is 0. The summed E-state index contributed by atoms with van der Waals surface area (Å²) in [6.07, 6.45) is 12.8. The zero-order chi connectivity index (χ0) is 17.6. The molecule has 2 N–H and O–H groups in total. The molecule has 0 saturated heterocycles. The number of unbranched alkanes of at least 4 members (excludes halogenated alkanes) is 9. The summed E-state index contributed by atoms with van der Waals surface area (Å²) in [4.78, 5) is 0. The molecule has 0 aliphatic rings. The fourth-order valence-corrected chi connectivity index (χ4v) is 3.88. The van der Waals surface area contributed by atoms with E-state index in [4.69, 9.17) is 0 Å². The van der Waals surface area contributed by atoms with Crippen LogP contribution in [0.15, 0.2) is 0 Å². The van der Waals surface area contributed by atoms with Crippen LogP contribution >= 0.6 is 0 Å². The first kappa shape index (κ1) is 22.9. The normalized spacial score (nSPS) is 14.8. The smallest absolute Gasteiger partial charge is 0.267 e. The van der Waals surface area contributed by atoms with E-state index in [9.17, 15) is 18.1 Å². The molecule has 0 aliphatic heterocycles. The molecule has 0 heterocycles. The molecule has 4 nitrogen and oxygen atoms in total. The van der Waals surface area contributed by atoms with Crippen LogP contribution in [0.1, 0.15) is 104 Å². The van der Waals surface area contributed by atoms with E-state index in [0.717, 1.165) is 44.9 Å². The molecule has 0 aromatic rings. The first-order valence-electron chi connectivity index (χ1n) is 9.56. The molecule has 0 aromatic heterocycles. The highest BCUT2D eigenvalue weighted by atomic mass is 32.2. The quantitative estimate of drug-likeness (QED) is 0.300. The fourth-order valence-electron chi connectivity index (χ4n) is 2.95. The van der Waals surface area contributed by atoms with Gasteiger partial charge in [-0.1, -0.05) is 84.5 Å². The minimum absolute atomic E-state index is 0.168. The molecule has 0 aliphatic carbocycles. The summed E-state index contributed by atoms with van der Waals surface area (Å²) in [7, 11) is -4.06. The highest BCUT2D eigenvalue weighted by Crippen LogP contribution is 2.19. The van der Waals surface area contributed by atoms with Crippen LogP contribution in [0.4, 0.5) is 0 Å². The van der Waals surface area contributed by atoms with E-state index in [1.807, 2.05) is 0 Å². The molecule has 2 atom stereocenters. The average molecular weight is 351 g/mol. The van der Waals surface area contributed by atoms with Crippen LogP contribution in [0.3, 0.4) is 0 Å². The van der Waals surface area contributed by atoms with Crippen molar-refractivity contribution in [2.45, 2.75) is 115 Å². The predicted octanol–water partition coefficient (Wildman–Crippen LogP) is 5.10. The Morgan fingerprint density at radius 3 is 1.65 bits per heavy atom. The van der Waals surface area contributed by atoms with Gasteiger partial charge in [0.15, 0.2) is 0 Å². The van der Waals surface area contributed by atoms with Crippen molar-refractivity contribution >= 4 is 10.1 Å². The Hall–Kier alpha value is -0.130. The van der Waals surface area contributed by atoms with E-state index in [1.165, 1.54) is 25.7 Å². The molecule has 0 rings (SSSR count). The largest absolute Gasteiger partial charge is 0.393 e. The first-order chi connectivity index (χ1) is 10.9. The van der Waals surface area contributed by atoms with Gasteiger partial charge in [0.25, 0.3) is 10.1 Å². The van der Waals surface area contributed by atoms with Crippen LogP contribution in [0, 0.1) is 0 Å². The third kappa shape index (κ3) is 14.0. The van der Waals surface area contributed by atoms with Crippen molar-refractivity contribution in [2.75, 3.05) is 0 Å². The second-order valence-corrected chi connectivity index (χ2v) is 8.48. The van der Waals surface area contributed by atoms with Crippen LogP contribution < -0.4 is 0 Å². The van der Waals surface area contributed by atoms with Gasteiger partial charge in [-0.15, -0.1) is 0 Å². The van der Waals surface area contributed by atoms with Gasteiger partial charge >= 0.3 is 0 Å². The molecule has 2 unspecified atom stereocenters. The van der Waals surface area contributed by atoms with E-state index < -0.39 is 21.5 Å². The van der Waals surface area contributed by atoms with Crippen molar-refractivity contribution in [1.82, 2.24) is 0 Å². The van der Waals surface area contributed by atoms with Crippen molar-refractivity contribution in [1.29, 1.82) is 0 Å². The minimum atomic E-state index is -4.06. The number of hydrogen-bond acceptors (Lipinski definition) is 3. The Balaban J connectivity index is 3.98. The van der Waals surface area contributed by atoms with Crippen molar-refractivity contribution in [3.8, 4) is 0 Å². The Kier molecular flexibility index (Phi) is 14.2. The maximum atomic E-state index is 11.5. The second-order valence-electron chi connectivity index (χ2n) is 6.79. The Morgan fingerprint density at radius 1 is 0.739 bits per heavy atom. The lowest BCUT2D eigenvalue weighted by Gasteiger charge is -2.18. The lowest BCUT2D eigenvalue weighted by atomic mass is 10.0. The van der Waals surface area contributed by atoms with Gasteiger partial charge in [-0.2, -0.15) is 8.42 Å². The van der Waals surface area contributed by atoms with Gasteiger partial charge in [0.1, 0.15) is 0 Å². The van der Waals surface area contributed by atoms with Gasteiger partial charge < -0.3 is 5.11 Å². The molecule has 0 bridgehead atoms. The van der Waals surface area contributed by atoms with E-state index >= 15 is 0 Å². The molecule has 0 saturated carbocycles. The van der Waals surface area contributed by atoms with Crippen LogP contribution in [0.5, 0.6) is 0 Å². The van der Waals surface area contributed by atoms with Gasteiger partial charge in [-0.3, -0.25) is 4.55 Å². The molecular formula is C18H38O4S. The lowest BCUT2D eigenvalue weighted by molar-refractivity contribution is 0.146. The molecule has 0 aromatic carbocycles. The molecule has 0 fully saturated rings. The molecule has 0 spiro atoms. The summed E-state index contributed by atoms with van der Waals surface area (Å²) in [5.74, 6) is 0. The van der Waals surface area contributed by atoms with Crippen LogP contribution in [-0.2, 0) is 10.1 Å². The number of aliphatic hydroxyl groups excluding tert-OH is 1. The maximum Gasteiger partial charge on any atom is 0.267 e. The fraction of sp³-hybridized carbons (Fsp3) is 1.00. The Morgan fingerprint density at radius 2 is 1.17 bits per heavy atom. The maximum absolute atomic E-state index is 11.5. The predicted molar refractivity (Wildman–Crippen MR) is 97.3 cm³/mol. The minimum Gasteiger partial charge on any atom is -0.393 e. The van der Waals surface area contributed by atoms with Gasteiger partial charge in [0.2, 0.25) is 0 Å². The molecule has 23 heavy (non-hydrogen) atoms. The van der Waals surface area contributed by atoms with E-state index in [2.05, 4.69) is 13.8 Å². The molecule has 0 radical (unpaired) electrons. The van der Waals surface area contributed by atoms with E-state index in [1.54, 1.807) is 0 Å². The second kappa shape index (κ2) is 14.2. The third-order valence-electron chi connectivity index (χ3n) is 4.48. The topological polar surface area (TPSA) is 74.6 Å². The number of hydrogen-bond donors (Lipinski definition) is 2. The monoisotopic (exact) mass is 350 g/mol. The number of rotatable bonds is 16. The van der Waals surface area contributed by atoms with Crippen molar-refractivity contribution in [2.24, 2.45) is 0 Å². The van der Waals surface area contributed by atoms with Crippen molar-refractivity contribution in [3.05, 3.63) is 0 Å². The highest BCUT2D eigenvalue weighted by Gasteiger charge is 2.25. The Bertz CT molecular complexity index is 354. The van der Waals surface area contributed by atoms with Crippen LogP contribution in [-0.4, -0.2) is 29.4 Å². The summed E-state index contributed by atoms with van der Waals surface area (Å²) in [6.45, 7) is 4.32. The third-order valence-corrected chi connectivity index (χ3v) is 5.75. The zero-order valence-electron chi connectivity index (χ0n) is 15.2. The number of aliphatic hydroxyl groups is 1. The first-order valence-corrected chi connectivity index (χ1v) is 11.1. The average Bonchev–Trinajstić information content (AvgIpc) is 2.48. The van der Waals surface area contributed by atoms with Gasteiger partial charge in [0.05, 0.1) is 11.4 Å². The van der Waals surface area contributed by atoms with Crippen LogP contribution in [0.2, 0.25) is 0 Å². The van der Waals surface area contributed by atoms with Gasteiger partial charge in [-0.05, 0) is 19.3 Å². The highest BCUT2D eigenvalue weighted by molar-refractivity contribution is 7.86. The molecule has 140 valence electrons. The van der Waals surface area contributed by atoms with E-state index in [0.29, 0.717) is 12.8 Å². The Labute approximate surface area is 143 Å². The summed E-state index contributed by atoms with van der Waals surface area (Å²) in [5, 5.41) is 9.24.